The zero-order valence-electron chi connectivity index (χ0n) is 15.2. The van der Waals surface area contributed by atoms with Crippen molar-refractivity contribution >= 4 is 21.6 Å². The second kappa shape index (κ2) is 6.87. The predicted octanol–water partition coefficient (Wildman–Crippen LogP) is 4.37. The summed E-state index contributed by atoms with van der Waals surface area (Å²) < 4.78 is 28.3. The zero-order valence-corrected chi connectivity index (χ0v) is 16.8. The molecule has 0 amide bonds. The van der Waals surface area contributed by atoms with Gasteiger partial charge in [0, 0.05) is 5.02 Å². The Labute approximate surface area is 160 Å². The monoisotopic (exact) mass is 393 g/mol. The number of benzene rings is 2. The van der Waals surface area contributed by atoms with E-state index in [0.29, 0.717) is 16.9 Å². The number of hydrogen-bond donors (Lipinski definition) is 1. The summed E-state index contributed by atoms with van der Waals surface area (Å²) in [5, 5.41) is 5.89. The average Bonchev–Trinajstić information content (AvgIpc) is 3.13. The molecule has 2 atom stereocenters. The van der Waals surface area contributed by atoms with Crippen LogP contribution in [0.3, 0.4) is 0 Å². The number of halogens is 1. The molecule has 6 heteroatoms. The molecule has 1 fully saturated rings. The number of primary sulfonamides is 1. The van der Waals surface area contributed by atoms with Crippen LogP contribution in [0.1, 0.15) is 37.3 Å². The number of hydrogen-bond acceptors (Lipinski definition) is 3. The summed E-state index contributed by atoms with van der Waals surface area (Å²) in [7, 11) is -1.98. The van der Waals surface area contributed by atoms with Gasteiger partial charge in [0.2, 0.25) is 10.0 Å². The number of sulfonamides is 1. The molecular formula is C20H24ClNO3S. The Hall–Kier alpha value is -1.56. The molecule has 0 aromatic heterocycles. The molecule has 0 heterocycles. The maximum atomic E-state index is 11.4. The Morgan fingerprint density at radius 1 is 1.15 bits per heavy atom. The van der Waals surface area contributed by atoms with Crippen molar-refractivity contribution in [1.29, 1.82) is 0 Å². The lowest BCUT2D eigenvalue weighted by atomic mass is 10.0. The summed E-state index contributed by atoms with van der Waals surface area (Å²) in [6.07, 6.45) is 1.91. The van der Waals surface area contributed by atoms with Crippen LogP contribution in [0.4, 0.5) is 0 Å². The number of nitrogens with two attached hydrogens (primary N) is 1. The van der Waals surface area contributed by atoms with Crippen molar-refractivity contribution in [2.24, 2.45) is 16.5 Å². The minimum Gasteiger partial charge on any atom is -0.496 e. The first kappa shape index (κ1) is 19.2. The summed E-state index contributed by atoms with van der Waals surface area (Å²) in [5.41, 5.74) is 2.45. The fourth-order valence-corrected chi connectivity index (χ4v) is 4.77. The zero-order chi connectivity index (χ0) is 19.1. The lowest BCUT2D eigenvalue weighted by Crippen LogP contribution is -2.11. The van der Waals surface area contributed by atoms with Crippen LogP contribution in [-0.4, -0.2) is 15.5 Å². The van der Waals surface area contributed by atoms with Gasteiger partial charge in [-0.25, -0.2) is 13.6 Å². The van der Waals surface area contributed by atoms with Crippen LogP contribution >= 0.6 is 11.6 Å². The van der Waals surface area contributed by atoms with Gasteiger partial charge in [-0.1, -0.05) is 37.6 Å². The van der Waals surface area contributed by atoms with E-state index in [1.54, 1.807) is 19.2 Å². The van der Waals surface area contributed by atoms with Gasteiger partial charge in [0.1, 0.15) is 5.75 Å². The second-order valence-electron chi connectivity index (χ2n) is 7.51. The number of aryl methyl sites for hydroxylation is 1. The van der Waals surface area contributed by atoms with Gasteiger partial charge in [0.05, 0.1) is 12.0 Å². The smallest absolute Gasteiger partial charge is 0.238 e. The Kier molecular flexibility index (Phi) is 5.08. The lowest BCUT2D eigenvalue weighted by molar-refractivity contribution is 0.407. The molecule has 1 saturated carbocycles. The van der Waals surface area contributed by atoms with E-state index in [1.165, 1.54) is 0 Å². The molecule has 2 aromatic carbocycles. The first-order chi connectivity index (χ1) is 12.1. The Bertz CT molecular complexity index is 907. The third-order valence-corrected chi connectivity index (χ3v) is 6.75. The molecule has 140 valence electrons. The largest absolute Gasteiger partial charge is 0.496 e. The predicted molar refractivity (Wildman–Crippen MR) is 104 cm³/mol. The first-order valence-corrected chi connectivity index (χ1v) is 10.5. The number of rotatable bonds is 6. The Morgan fingerprint density at radius 3 is 2.38 bits per heavy atom. The normalized spacial score (nSPS) is 21.4. The molecule has 0 aliphatic heterocycles. The minimum atomic E-state index is -3.65. The van der Waals surface area contributed by atoms with Gasteiger partial charge in [-0.15, -0.1) is 0 Å². The van der Waals surface area contributed by atoms with Crippen LogP contribution in [0.2, 0.25) is 5.02 Å². The third kappa shape index (κ3) is 3.75. The molecule has 2 aromatic rings. The van der Waals surface area contributed by atoms with Gasteiger partial charge < -0.3 is 4.74 Å². The first-order valence-electron chi connectivity index (χ1n) is 8.60. The fourth-order valence-electron chi connectivity index (χ4n) is 4.06. The highest BCUT2D eigenvalue weighted by Gasteiger charge is 2.57. The van der Waals surface area contributed by atoms with E-state index in [-0.39, 0.29) is 10.3 Å². The van der Waals surface area contributed by atoms with Gasteiger partial charge in [-0.3, -0.25) is 0 Å². The van der Waals surface area contributed by atoms with Crippen molar-refractivity contribution < 1.29 is 13.2 Å². The molecule has 2 N–H and O–H groups in total. The van der Waals surface area contributed by atoms with E-state index in [1.807, 2.05) is 30.3 Å². The average molecular weight is 394 g/mol. The van der Waals surface area contributed by atoms with Crippen molar-refractivity contribution in [3.05, 3.63) is 58.6 Å². The van der Waals surface area contributed by atoms with Gasteiger partial charge in [-0.05, 0) is 71.6 Å². The molecule has 0 radical (unpaired) electrons. The fraction of sp³-hybridized carbons (Fsp3) is 0.400. The Morgan fingerprint density at radius 2 is 1.81 bits per heavy atom. The van der Waals surface area contributed by atoms with Crippen LogP contribution in [-0.2, 0) is 16.4 Å². The van der Waals surface area contributed by atoms with Crippen LogP contribution in [0.5, 0.6) is 5.75 Å². The Balaban J connectivity index is 1.73. The standard InChI is InChI=1S/C20H24ClNO3S/c1-20(2)17(10-6-14-12-15(21)7-11-18(14)25-3)19(20)13-4-8-16(9-5-13)26(22,23)24/h4-5,7-9,11-12,17,19H,6,10H2,1-3H3,(H2,22,23,24)/t17-,19-/m1/s1. The summed E-state index contributed by atoms with van der Waals surface area (Å²) in [6.45, 7) is 4.51. The second-order valence-corrected chi connectivity index (χ2v) is 9.51. The molecule has 4 nitrogen and oxygen atoms in total. The third-order valence-electron chi connectivity index (χ3n) is 5.59. The summed E-state index contributed by atoms with van der Waals surface area (Å²) in [5.74, 6) is 1.79. The summed E-state index contributed by atoms with van der Waals surface area (Å²) in [6, 6.07) is 12.6. The van der Waals surface area contributed by atoms with Crippen molar-refractivity contribution in [3.8, 4) is 5.75 Å². The highest BCUT2D eigenvalue weighted by Crippen LogP contribution is 2.66. The topological polar surface area (TPSA) is 69.4 Å². The maximum absolute atomic E-state index is 11.4. The molecule has 1 aliphatic carbocycles. The van der Waals surface area contributed by atoms with E-state index in [9.17, 15) is 8.42 Å². The van der Waals surface area contributed by atoms with E-state index in [0.717, 1.165) is 29.7 Å². The molecule has 0 bridgehead atoms. The van der Waals surface area contributed by atoms with Crippen molar-refractivity contribution in [2.45, 2.75) is 37.5 Å². The van der Waals surface area contributed by atoms with Crippen LogP contribution < -0.4 is 9.88 Å². The maximum Gasteiger partial charge on any atom is 0.238 e. The molecule has 0 unspecified atom stereocenters. The summed E-state index contributed by atoms with van der Waals surface area (Å²) >= 11 is 6.12. The molecule has 0 saturated heterocycles. The molecule has 1 aliphatic rings. The lowest BCUT2D eigenvalue weighted by Gasteiger charge is -2.09. The molecule has 3 rings (SSSR count). The SMILES string of the molecule is COc1ccc(Cl)cc1CC[C@@H]1[C@@H](c2ccc(S(N)(=O)=O)cc2)C1(C)C. The van der Waals surface area contributed by atoms with Gasteiger partial charge in [-0.2, -0.15) is 0 Å². The van der Waals surface area contributed by atoms with Crippen LogP contribution in [0, 0.1) is 11.3 Å². The number of ether oxygens (including phenoxy) is 1. The molecule has 0 spiro atoms. The van der Waals surface area contributed by atoms with Crippen molar-refractivity contribution in [2.75, 3.05) is 7.11 Å². The highest BCUT2D eigenvalue weighted by molar-refractivity contribution is 7.89. The van der Waals surface area contributed by atoms with E-state index < -0.39 is 10.0 Å². The molecule has 26 heavy (non-hydrogen) atoms. The van der Waals surface area contributed by atoms with Gasteiger partial charge >= 0.3 is 0 Å². The van der Waals surface area contributed by atoms with E-state index in [2.05, 4.69) is 13.8 Å². The highest BCUT2D eigenvalue weighted by atomic mass is 35.5. The summed E-state index contributed by atoms with van der Waals surface area (Å²) in [4.78, 5) is 0.153. The van der Waals surface area contributed by atoms with E-state index >= 15 is 0 Å². The molecular weight excluding hydrogens is 370 g/mol. The minimum absolute atomic E-state index is 0.153. The van der Waals surface area contributed by atoms with Crippen LogP contribution in [0.25, 0.3) is 0 Å². The van der Waals surface area contributed by atoms with E-state index in [4.69, 9.17) is 21.5 Å². The van der Waals surface area contributed by atoms with Crippen LogP contribution in [0.15, 0.2) is 47.4 Å². The van der Waals surface area contributed by atoms with Crippen molar-refractivity contribution in [3.63, 3.8) is 0 Å². The quantitative estimate of drug-likeness (QED) is 0.792. The van der Waals surface area contributed by atoms with Gasteiger partial charge in [0.25, 0.3) is 0 Å². The van der Waals surface area contributed by atoms with Crippen molar-refractivity contribution in [1.82, 2.24) is 0 Å². The number of methoxy groups -OCH3 is 1. The van der Waals surface area contributed by atoms with Gasteiger partial charge in [0.15, 0.2) is 0 Å².